The van der Waals surface area contributed by atoms with E-state index in [-0.39, 0.29) is 23.1 Å². The number of nitrogens with zero attached hydrogens (tertiary/aromatic N) is 1. The van der Waals surface area contributed by atoms with Crippen LogP contribution in [0.15, 0.2) is 91.1 Å². The van der Waals surface area contributed by atoms with Crippen molar-refractivity contribution in [1.82, 2.24) is 20.9 Å². The van der Waals surface area contributed by atoms with Crippen LogP contribution in [0.4, 0.5) is 8.78 Å². The first kappa shape index (κ1) is 26.3. The summed E-state index contributed by atoms with van der Waals surface area (Å²) in [5.74, 6) is -2.31. The van der Waals surface area contributed by atoms with Gasteiger partial charge in [0.1, 0.15) is 17.7 Å². The third-order valence-corrected chi connectivity index (χ3v) is 7.17. The minimum absolute atomic E-state index is 0.0638. The van der Waals surface area contributed by atoms with Crippen LogP contribution >= 0.6 is 0 Å². The molecule has 2 saturated heterocycles. The molecule has 0 radical (unpaired) electrons. The van der Waals surface area contributed by atoms with Crippen LogP contribution in [0.1, 0.15) is 22.8 Å². The summed E-state index contributed by atoms with van der Waals surface area (Å²) in [7, 11) is 0. The molecule has 2 aliphatic rings. The van der Waals surface area contributed by atoms with Crippen molar-refractivity contribution in [3.05, 3.63) is 108 Å². The van der Waals surface area contributed by atoms with E-state index in [9.17, 15) is 18.4 Å². The Kier molecular flexibility index (Phi) is 7.88. The van der Waals surface area contributed by atoms with Crippen LogP contribution in [-0.2, 0) is 11.2 Å². The predicted molar refractivity (Wildman–Crippen MR) is 139 cm³/mol. The predicted octanol–water partition coefficient (Wildman–Crippen LogP) is 3.71. The highest BCUT2D eigenvalue weighted by atomic mass is 19.1. The molecule has 2 aromatic carbocycles. The molecular weight excluding hydrogens is 474 g/mol. The van der Waals surface area contributed by atoms with E-state index in [0.29, 0.717) is 18.2 Å². The molecule has 2 aliphatic heterocycles. The number of carbonyl (C=O) groups is 2. The van der Waals surface area contributed by atoms with Crippen molar-refractivity contribution < 1.29 is 18.4 Å². The monoisotopic (exact) mass is 506 g/mol. The third kappa shape index (κ3) is 6.14. The van der Waals surface area contributed by atoms with Gasteiger partial charge in [0, 0.05) is 38.0 Å². The Labute approximate surface area is 216 Å². The van der Waals surface area contributed by atoms with E-state index in [2.05, 4.69) is 36.0 Å². The second kappa shape index (κ2) is 11.1. The summed E-state index contributed by atoms with van der Waals surface area (Å²) < 4.78 is 28.2. The van der Waals surface area contributed by atoms with Crippen molar-refractivity contribution in [3.8, 4) is 0 Å². The second-order valence-corrected chi connectivity index (χ2v) is 10.00. The fourth-order valence-electron chi connectivity index (χ4n) is 5.04. The standard InChI is InChI=1S/C29H32F2N4O2/c1-19(30)13-25(20(2)35-16-22-15-32-17-29(22,3)18-35)33-28(37)26(14-21-9-5-4-6-10-21)34-27(36)23-11-7-8-12-24(23)31/h4-13,22,26,32H,1-2,14-18H2,3H3,(H,33,37)(H,34,36)/b25-13+. The first-order chi connectivity index (χ1) is 17.7. The van der Waals surface area contributed by atoms with Gasteiger partial charge in [0.05, 0.1) is 17.0 Å². The molecule has 194 valence electrons. The molecule has 2 fully saturated rings. The lowest BCUT2D eigenvalue weighted by atomic mass is 9.83. The number of benzene rings is 2. The van der Waals surface area contributed by atoms with Gasteiger partial charge in [-0.05, 0) is 29.7 Å². The maximum Gasteiger partial charge on any atom is 0.254 e. The minimum Gasteiger partial charge on any atom is -0.369 e. The molecule has 2 aromatic rings. The molecule has 4 rings (SSSR count). The van der Waals surface area contributed by atoms with Gasteiger partial charge in [0.2, 0.25) is 5.91 Å². The number of nitrogens with one attached hydrogen (secondary N) is 3. The zero-order chi connectivity index (χ0) is 26.6. The van der Waals surface area contributed by atoms with Crippen LogP contribution in [-0.4, -0.2) is 48.9 Å². The average Bonchev–Trinajstić information content (AvgIpc) is 3.38. The fourth-order valence-corrected chi connectivity index (χ4v) is 5.04. The van der Waals surface area contributed by atoms with Crippen LogP contribution in [0, 0.1) is 17.2 Å². The Balaban J connectivity index is 1.55. The van der Waals surface area contributed by atoms with Gasteiger partial charge in [-0.2, -0.15) is 0 Å². The first-order valence-corrected chi connectivity index (χ1v) is 12.3. The maximum atomic E-state index is 14.2. The van der Waals surface area contributed by atoms with Crippen molar-refractivity contribution in [1.29, 1.82) is 0 Å². The van der Waals surface area contributed by atoms with E-state index < -0.39 is 29.5 Å². The molecule has 2 amide bonds. The van der Waals surface area contributed by atoms with Gasteiger partial charge >= 0.3 is 0 Å². The average molecular weight is 507 g/mol. The summed E-state index contributed by atoms with van der Waals surface area (Å²) in [6.07, 6.45) is 1.28. The smallest absolute Gasteiger partial charge is 0.254 e. The highest BCUT2D eigenvalue weighted by Gasteiger charge is 2.46. The molecule has 3 atom stereocenters. The Morgan fingerprint density at radius 3 is 2.57 bits per heavy atom. The van der Waals surface area contributed by atoms with Gasteiger partial charge in [-0.1, -0.05) is 62.5 Å². The summed E-state index contributed by atoms with van der Waals surface area (Å²) in [6, 6.07) is 13.6. The lowest BCUT2D eigenvalue weighted by Crippen LogP contribution is -2.48. The number of fused-ring (bicyclic) bond motifs is 1. The molecule has 2 heterocycles. The summed E-state index contributed by atoms with van der Waals surface area (Å²) in [6.45, 7) is 12.9. The Bertz CT molecular complexity index is 1230. The summed E-state index contributed by atoms with van der Waals surface area (Å²) in [5.41, 5.74) is 1.34. The fraction of sp³-hybridized carbons (Fsp3) is 0.310. The van der Waals surface area contributed by atoms with Crippen molar-refractivity contribution >= 4 is 11.8 Å². The van der Waals surface area contributed by atoms with Gasteiger partial charge in [-0.25, -0.2) is 8.78 Å². The largest absolute Gasteiger partial charge is 0.369 e. The summed E-state index contributed by atoms with van der Waals surface area (Å²) >= 11 is 0. The van der Waals surface area contributed by atoms with Crippen molar-refractivity contribution in [2.24, 2.45) is 11.3 Å². The molecule has 0 aromatic heterocycles. The van der Waals surface area contributed by atoms with Crippen molar-refractivity contribution in [2.45, 2.75) is 19.4 Å². The number of carbonyl (C=O) groups excluding carboxylic acids is 2. The summed E-state index contributed by atoms with van der Waals surface area (Å²) in [4.78, 5) is 28.4. The van der Waals surface area contributed by atoms with Crippen molar-refractivity contribution in [3.63, 3.8) is 0 Å². The van der Waals surface area contributed by atoms with E-state index in [1.807, 2.05) is 35.2 Å². The van der Waals surface area contributed by atoms with Gasteiger partial charge in [-0.15, -0.1) is 0 Å². The van der Waals surface area contributed by atoms with E-state index in [4.69, 9.17) is 0 Å². The number of rotatable bonds is 9. The van der Waals surface area contributed by atoms with Crippen LogP contribution in [0.25, 0.3) is 0 Å². The topological polar surface area (TPSA) is 73.5 Å². The van der Waals surface area contributed by atoms with Crippen LogP contribution < -0.4 is 16.0 Å². The van der Waals surface area contributed by atoms with Crippen LogP contribution in [0.5, 0.6) is 0 Å². The first-order valence-electron chi connectivity index (χ1n) is 12.3. The molecule has 3 N–H and O–H groups in total. The van der Waals surface area contributed by atoms with Crippen molar-refractivity contribution in [2.75, 3.05) is 26.2 Å². The minimum atomic E-state index is -1.06. The molecule has 37 heavy (non-hydrogen) atoms. The van der Waals surface area contributed by atoms with E-state index in [1.165, 1.54) is 18.2 Å². The lowest BCUT2D eigenvalue weighted by molar-refractivity contribution is -0.122. The summed E-state index contributed by atoms with van der Waals surface area (Å²) in [5, 5.41) is 8.80. The molecule has 0 aliphatic carbocycles. The Hall–Kier alpha value is -3.78. The number of likely N-dealkylation sites (tertiary alicyclic amines) is 1. The molecule has 6 nitrogen and oxygen atoms in total. The van der Waals surface area contributed by atoms with Crippen LogP contribution in [0.3, 0.4) is 0 Å². The van der Waals surface area contributed by atoms with Crippen LogP contribution in [0.2, 0.25) is 0 Å². The Morgan fingerprint density at radius 2 is 1.89 bits per heavy atom. The normalized spacial score (nSPS) is 21.8. The third-order valence-electron chi connectivity index (χ3n) is 7.17. The van der Waals surface area contributed by atoms with E-state index in [0.717, 1.165) is 31.3 Å². The molecule has 3 unspecified atom stereocenters. The Morgan fingerprint density at radius 1 is 1.19 bits per heavy atom. The molecule has 0 saturated carbocycles. The zero-order valence-corrected chi connectivity index (χ0v) is 20.9. The number of halogens is 2. The number of hydrogen-bond acceptors (Lipinski definition) is 4. The number of hydrogen-bond donors (Lipinski definition) is 3. The maximum absolute atomic E-state index is 14.2. The lowest BCUT2D eigenvalue weighted by Gasteiger charge is -2.27. The molecular formula is C29H32F2N4O2. The van der Waals surface area contributed by atoms with E-state index in [1.54, 1.807) is 6.07 Å². The highest BCUT2D eigenvalue weighted by Crippen LogP contribution is 2.40. The quantitative estimate of drug-likeness (QED) is 0.454. The van der Waals surface area contributed by atoms with Gasteiger partial charge in [-0.3, -0.25) is 9.59 Å². The SMILES string of the molecule is C=C(F)/C=C(/NC(=O)C(Cc1ccccc1)NC(=O)c1ccccc1F)C(=C)N1CC2CNCC2(C)C1. The second-order valence-electron chi connectivity index (χ2n) is 10.00. The van der Waals surface area contributed by atoms with E-state index >= 15 is 0 Å². The molecule has 8 heteroatoms. The van der Waals surface area contributed by atoms with Gasteiger partial charge < -0.3 is 20.9 Å². The number of allylic oxidation sites excluding steroid dienone is 2. The molecule has 0 spiro atoms. The van der Waals surface area contributed by atoms with Gasteiger partial charge in [0.15, 0.2) is 0 Å². The zero-order valence-electron chi connectivity index (χ0n) is 20.9. The highest BCUT2D eigenvalue weighted by molar-refractivity contribution is 5.98. The molecule has 0 bridgehead atoms. The number of amides is 2. The van der Waals surface area contributed by atoms with Gasteiger partial charge in [0.25, 0.3) is 5.91 Å².